The first-order chi connectivity index (χ1) is 8.04. The average Bonchev–Trinajstić information content (AvgIpc) is 2.30. The molecule has 1 rings (SSSR count). The molecule has 0 bridgehead atoms. The molecule has 1 aromatic rings. The van der Waals surface area contributed by atoms with Crippen LogP contribution in [-0.2, 0) is 4.79 Å². The summed E-state index contributed by atoms with van der Waals surface area (Å²) in [5.74, 6) is -1.09. The van der Waals surface area contributed by atoms with Gasteiger partial charge in [-0.25, -0.2) is 4.79 Å². The molecule has 1 aromatic carbocycles. The highest BCUT2D eigenvalue weighted by Gasteiger charge is 2.06. The van der Waals surface area contributed by atoms with Crippen molar-refractivity contribution < 1.29 is 14.7 Å². The summed E-state index contributed by atoms with van der Waals surface area (Å²) >= 11 is 0. The van der Waals surface area contributed by atoms with E-state index in [2.05, 4.69) is 10.6 Å². The van der Waals surface area contributed by atoms with Gasteiger partial charge < -0.3 is 21.5 Å². The zero-order valence-corrected chi connectivity index (χ0v) is 9.49. The van der Waals surface area contributed by atoms with Gasteiger partial charge in [0.1, 0.15) is 0 Å². The second-order valence-corrected chi connectivity index (χ2v) is 3.46. The van der Waals surface area contributed by atoms with Crippen molar-refractivity contribution in [2.24, 2.45) is 0 Å². The highest BCUT2D eigenvalue weighted by atomic mass is 16.4. The quantitative estimate of drug-likeness (QED) is 0.559. The van der Waals surface area contributed by atoms with Crippen LogP contribution < -0.4 is 16.4 Å². The number of carbonyl (C=O) groups excluding carboxylic acids is 1. The van der Waals surface area contributed by atoms with Gasteiger partial charge in [0, 0.05) is 20.0 Å². The maximum absolute atomic E-state index is 11.0. The molecule has 0 saturated carbocycles. The lowest BCUT2D eigenvalue weighted by Crippen LogP contribution is -2.21. The van der Waals surface area contributed by atoms with Crippen LogP contribution in [0.5, 0.6) is 0 Å². The Labute approximate surface area is 98.8 Å². The Morgan fingerprint density at radius 1 is 1.41 bits per heavy atom. The van der Waals surface area contributed by atoms with E-state index >= 15 is 0 Å². The number of hydrogen-bond acceptors (Lipinski definition) is 4. The number of carboxylic acid groups (broad SMARTS) is 1. The molecule has 1 amide bonds. The Hall–Kier alpha value is -2.24. The number of nitrogen functional groups attached to an aromatic ring is 1. The van der Waals surface area contributed by atoms with E-state index in [9.17, 15) is 9.59 Å². The predicted molar refractivity (Wildman–Crippen MR) is 65.0 cm³/mol. The van der Waals surface area contributed by atoms with Crippen LogP contribution in [0.2, 0.25) is 0 Å². The van der Waals surface area contributed by atoms with E-state index in [0.717, 1.165) is 0 Å². The van der Waals surface area contributed by atoms with Gasteiger partial charge in [-0.1, -0.05) is 0 Å². The topological polar surface area (TPSA) is 104 Å². The van der Waals surface area contributed by atoms with Gasteiger partial charge in [0.05, 0.1) is 16.9 Å². The number of benzene rings is 1. The zero-order chi connectivity index (χ0) is 12.8. The van der Waals surface area contributed by atoms with Crippen LogP contribution in [0.3, 0.4) is 0 Å². The summed E-state index contributed by atoms with van der Waals surface area (Å²) in [6, 6.07) is 4.42. The second-order valence-electron chi connectivity index (χ2n) is 3.46. The highest BCUT2D eigenvalue weighted by molar-refractivity contribution is 5.90. The summed E-state index contributed by atoms with van der Waals surface area (Å²) in [6.45, 7) is 0.441. The third-order valence-corrected chi connectivity index (χ3v) is 2.24. The SMILES string of the molecule is CNC(=O)CCNc1ccc(C(=O)O)cc1N. The molecule has 5 N–H and O–H groups in total. The molecule has 0 aliphatic heterocycles. The number of rotatable bonds is 5. The summed E-state index contributed by atoms with van der Waals surface area (Å²) in [4.78, 5) is 21.6. The number of nitrogens with two attached hydrogens (primary N) is 1. The molecule has 17 heavy (non-hydrogen) atoms. The van der Waals surface area contributed by atoms with Crippen molar-refractivity contribution in [3.8, 4) is 0 Å². The third kappa shape index (κ3) is 3.67. The fourth-order valence-electron chi connectivity index (χ4n) is 1.29. The van der Waals surface area contributed by atoms with Crippen molar-refractivity contribution in [2.75, 3.05) is 24.6 Å². The van der Waals surface area contributed by atoms with E-state index in [0.29, 0.717) is 24.3 Å². The Morgan fingerprint density at radius 3 is 2.65 bits per heavy atom. The third-order valence-electron chi connectivity index (χ3n) is 2.24. The van der Waals surface area contributed by atoms with E-state index in [1.165, 1.54) is 12.1 Å². The molecule has 0 aliphatic carbocycles. The van der Waals surface area contributed by atoms with Gasteiger partial charge in [0.15, 0.2) is 0 Å². The number of nitrogens with one attached hydrogen (secondary N) is 2. The average molecular weight is 237 g/mol. The van der Waals surface area contributed by atoms with Crippen LogP contribution in [0.4, 0.5) is 11.4 Å². The normalized spacial score (nSPS) is 9.71. The summed E-state index contributed by atoms with van der Waals surface area (Å²) in [6.07, 6.45) is 0.330. The molecule has 0 aliphatic rings. The van der Waals surface area contributed by atoms with Crippen LogP contribution in [0.25, 0.3) is 0 Å². The molecular formula is C11H15N3O3. The van der Waals surface area contributed by atoms with Gasteiger partial charge in [-0.2, -0.15) is 0 Å². The van der Waals surface area contributed by atoms with Crippen LogP contribution in [0, 0.1) is 0 Å². The first kappa shape index (κ1) is 12.8. The van der Waals surface area contributed by atoms with E-state index in [1.807, 2.05) is 0 Å². The van der Waals surface area contributed by atoms with Crippen LogP contribution in [0.1, 0.15) is 16.8 Å². The zero-order valence-electron chi connectivity index (χ0n) is 9.49. The molecule has 0 spiro atoms. The Balaban J connectivity index is 2.60. The molecule has 0 fully saturated rings. The fourth-order valence-corrected chi connectivity index (χ4v) is 1.29. The Morgan fingerprint density at radius 2 is 2.12 bits per heavy atom. The molecule has 0 unspecified atom stereocenters. The molecule has 92 valence electrons. The van der Waals surface area contributed by atoms with Crippen LogP contribution in [-0.4, -0.2) is 30.6 Å². The minimum atomic E-state index is -1.02. The molecule has 0 aromatic heterocycles. The van der Waals surface area contributed by atoms with Crippen LogP contribution in [0.15, 0.2) is 18.2 Å². The highest BCUT2D eigenvalue weighted by Crippen LogP contribution is 2.19. The van der Waals surface area contributed by atoms with Crippen LogP contribution >= 0.6 is 0 Å². The number of anilines is 2. The van der Waals surface area contributed by atoms with E-state index < -0.39 is 5.97 Å². The first-order valence-electron chi connectivity index (χ1n) is 5.12. The van der Waals surface area contributed by atoms with Gasteiger partial charge in [0.2, 0.25) is 5.91 Å². The number of carbonyl (C=O) groups is 2. The van der Waals surface area contributed by atoms with Crippen molar-refractivity contribution in [3.05, 3.63) is 23.8 Å². The summed E-state index contributed by atoms with van der Waals surface area (Å²) < 4.78 is 0. The summed E-state index contributed by atoms with van der Waals surface area (Å²) in [5, 5.41) is 14.2. The minimum absolute atomic E-state index is 0.0711. The van der Waals surface area contributed by atoms with Gasteiger partial charge in [-0.3, -0.25) is 4.79 Å². The number of aromatic carboxylic acids is 1. The molecular weight excluding hydrogens is 222 g/mol. The molecule has 0 saturated heterocycles. The number of carboxylic acids is 1. The first-order valence-corrected chi connectivity index (χ1v) is 5.12. The molecule has 0 radical (unpaired) electrons. The number of hydrogen-bond donors (Lipinski definition) is 4. The van der Waals surface area contributed by atoms with Crippen molar-refractivity contribution in [2.45, 2.75) is 6.42 Å². The van der Waals surface area contributed by atoms with E-state index in [4.69, 9.17) is 10.8 Å². The second kappa shape index (κ2) is 5.74. The van der Waals surface area contributed by atoms with Crippen molar-refractivity contribution in [1.29, 1.82) is 0 Å². The lowest BCUT2D eigenvalue weighted by Gasteiger charge is -2.09. The standard InChI is InChI=1S/C11H15N3O3/c1-13-10(15)4-5-14-9-3-2-7(11(16)17)6-8(9)12/h2-3,6,14H,4-5,12H2,1H3,(H,13,15)(H,16,17). The van der Waals surface area contributed by atoms with E-state index in [1.54, 1.807) is 13.1 Å². The van der Waals surface area contributed by atoms with Gasteiger partial charge in [-0.15, -0.1) is 0 Å². The van der Waals surface area contributed by atoms with Gasteiger partial charge in [0.25, 0.3) is 0 Å². The van der Waals surface area contributed by atoms with Crippen molar-refractivity contribution in [3.63, 3.8) is 0 Å². The van der Waals surface area contributed by atoms with Crippen molar-refractivity contribution in [1.82, 2.24) is 5.32 Å². The lowest BCUT2D eigenvalue weighted by molar-refractivity contribution is -0.120. The Kier molecular flexibility index (Phi) is 4.33. The monoisotopic (exact) mass is 237 g/mol. The maximum Gasteiger partial charge on any atom is 0.335 e. The number of amides is 1. The van der Waals surface area contributed by atoms with Gasteiger partial charge in [-0.05, 0) is 18.2 Å². The minimum Gasteiger partial charge on any atom is -0.478 e. The molecule has 6 heteroatoms. The molecule has 0 heterocycles. The lowest BCUT2D eigenvalue weighted by atomic mass is 10.1. The fraction of sp³-hybridized carbons (Fsp3) is 0.273. The van der Waals surface area contributed by atoms with Gasteiger partial charge >= 0.3 is 5.97 Å². The summed E-state index contributed by atoms with van der Waals surface area (Å²) in [7, 11) is 1.57. The predicted octanol–water partition coefficient (Wildman–Crippen LogP) is 0.515. The molecule has 0 atom stereocenters. The smallest absolute Gasteiger partial charge is 0.335 e. The Bertz CT molecular complexity index is 432. The largest absolute Gasteiger partial charge is 0.478 e. The molecule has 6 nitrogen and oxygen atoms in total. The van der Waals surface area contributed by atoms with Crippen molar-refractivity contribution >= 4 is 23.3 Å². The summed E-state index contributed by atoms with van der Waals surface area (Å²) in [5.41, 5.74) is 6.79. The maximum atomic E-state index is 11.0. The van der Waals surface area contributed by atoms with E-state index in [-0.39, 0.29) is 11.5 Å².